The van der Waals surface area contributed by atoms with E-state index in [1.54, 1.807) is 6.07 Å². The molecule has 1 fully saturated rings. The van der Waals surface area contributed by atoms with Crippen LogP contribution >= 0.6 is 11.6 Å². The van der Waals surface area contributed by atoms with Crippen molar-refractivity contribution in [2.45, 2.75) is 52.2 Å². The van der Waals surface area contributed by atoms with Crippen LogP contribution in [-0.2, 0) is 6.54 Å². The highest BCUT2D eigenvalue weighted by Gasteiger charge is 2.29. The number of rotatable bonds is 5. The molecule has 0 spiro atoms. The van der Waals surface area contributed by atoms with Gasteiger partial charge in [-0.25, -0.2) is 4.79 Å². The van der Waals surface area contributed by atoms with Crippen LogP contribution in [0.15, 0.2) is 42.5 Å². The predicted molar refractivity (Wildman–Crippen MR) is 112 cm³/mol. The first-order valence-corrected chi connectivity index (χ1v) is 9.94. The van der Waals surface area contributed by atoms with E-state index in [0.717, 1.165) is 36.2 Å². The van der Waals surface area contributed by atoms with Crippen molar-refractivity contribution in [3.63, 3.8) is 0 Å². The van der Waals surface area contributed by atoms with Crippen LogP contribution in [0.25, 0.3) is 0 Å². The molecule has 1 heterocycles. The number of hydrogen-bond donors (Lipinski definition) is 2. The number of carbonyl (C=O) groups excluding carboxylic acids is 1. The number of urea groups is 1. The summed E-state index contributed by atoms with van der Waals surface area (Å²) in [6, 6.07) is 14.2. The van der Waals surface area contributed by atoms with Gasteiger partial charge in [0.25, 0.3) is 0 Å². The van der Waals surface area contributed by atoms with Crippen molar-refractivity contribution in [3.8, 4) is 0 Å². The number of amides is 2. The zero-order chi connectivity index (χ0) is 19.4. The predicted octanol–water partition coefficient (Wildman–Crippen LogP) is 5.13. The van der Waals surface area contributed by atoms with Crippen LogP contribution in [0.4, 0.5) is 10.5 Å². The summed E-state index contributed by atoms with van der Waals surface area (Å²) in [5, 5.41) is 7.28. The molecule has 2 atom stereocenters. The minimum atomic E-state index is -0.0813. The molecule has 2 unspecified atom stereocenters. The number of benzene rings is 2. The summed E-state index contributed by atoms with van der Waals surface area (Å²) in [4.78, 5) is 15.1. The molecule has 4 nitrogen and oxygen atoms in total. The quantitative estimate of drug-likeness (QED) is 0.749. The molecular formula is C22H28ClN3O. The lowest BCUT2D eigenvalue weighted by Gasteiger charge is -2.33. The number of halogens is 1. The fraction of sp³-hybridized carbons (Fsp3) is 0.409. The first-order chi connectivity index (χ1) is 12.9. The summed E-state index contributed by atoms with van der Waals surface area (Å²) >= 11 is 6.04. The van der Waals surface area contributed by atoms with E-state index < -0.39 is 0 Å². The molecule has 2 aromatic rings. The number of nitrogens with one attached hydrogen (secondary N) is 2. The van der Waals surface area contributed by atoms with Crippen LogP contribution in [0.1, 0.15) is 36.5 Å². The molecule has 2 N–H and O–H groups in total. The number of anilines is 1. The van der Waals surface area contributed by atoms with Gasteiger partial charge in [-0.05, 0) is 69.5 Å². The van der Waals surface area contributed by atoms with E-state index >= 15 is 0 Å². The van der Waals surface area contributed by atoms with E-state index in [9.17, 15) is 4.79 Å². The van der Waals surface area contributed by atoms with Crippen LogP contribution in [-0.4, -0.2) is 29.6 Å². The molecular weight excluding hydrogens is 358 g/mol. The molecule has 0 radical (unpaired) electrons. The molecule has 3 rings (SSSR count). The smallest absolute Gasteiger partial charge is 0.316 e. The van der Waals surface area contributed by atoms with Crippen molar-refractivity contribution in [3.05, 3.63) is 64.2 Å². The molecule has 0 bridgehead atoms. The van der Waals surface area contributed by atoms with Crippen LogP contribution < -0.4 is 10.6 Å². The van der Waals surface area contributed by atoms with Crippen LogP contribution in [0.5, 0.6) is 0 Å². The Kier molecular flexibility index (Phi) is 6.40. The average Bonchev–Trinajstić information content (AvgIpc) is 3.17. The summed E-state index contributed by atoms with van der Waals surface area (Å²) in [6.07, 6.45) is 2.25. The third-order valence-corrected chi connectivity index (χ3v) is 5.57. The summed E-state index contributed by atoms with van der Waals surface area (Å²) in [5.74, 6) is 0. The van der Waals surface area contributed by atoms with E-state index in [1.165, 1.54) is 5.56 Å². The van der Waals surface area contributed by atoms with E-state index in [4.69, 9.17) is 11.6 Å². The van der Waals surface area contributed by atoms with Gasteiger partial charge in [-0.1, -0.05) is 41.4 Å². The maximum absolute atomic E-state index is 13.2. The van der Waals surface area contributed by atoms with Crippen molar-refractivity contribution in [2.24, 2.45) is 0 Å². The zero-order valence-corrected chi connectivity index (χ0v) is 17.0. The third kappa shape index (κ3) is 5.02. The second kappa shape index (κ2) is 8.77. The summed E-state index contributed by atoms with van der Waals surface area (Å²) in [7, 11) is 0. The van der Waals surface area contributed by atoms with E-state index in [1.807, 2.05) is 24.0 Å². The number of aryl methyl sites for hydroxylation is 2. The van der Waals surface area contributed by atoms with Gasteiger partial charge in [0.1, 0.15) is 0 Å². The zero-order valence-electron chi connectivity index (χ0n) is 16.3. The number of hydrogen-bond acceptors (Lipinski definition) is 2. The van der Waals surface area contributed by atoms with E-state index in [2.05, 4.69) is 48.7 Å². The second-order valence-corrected chi connectivity index (χ2v) is 7.88. The molecule has 0 aromatic heterocycles. The maximum Gasteiger partial charge on any atom is 0.322 e. The molecule has 1 aliphatic rings. The van der Waals surface area contributed by atoms with Crippen LogP contribution in [0.2, 0.25) is 5.02 Å². The maximum atomic E-state index is 13.2. The van der Waals surface area contributed by atoms with Gasteiger partial charge in [0.15, 0.2) is 0 Å². The minimum Gasteiger partial charge on any atom is -0.316 e. The fourth-order valence-corrected chi connectivity index (χ4v) is 3.81. The fourth-order valence-electron chi connectivity index (χ4n) is 3.59. The Labute approximate surface area is 166 Å². The van der Waals surface area contributed by atoms with Crippen molar-refractivity contribution < 1.29 is 4.79 Å². The summed E-state index contributed by atoms with van der Waals surface area (Å²) in [6.45, 7) is 7.76. The standard InChI is InChI=1S/C22H28ClN3O/c1-15-6-8-18(9-7-15)14-26(17(3)21-5-4-12-24-21)22(27)25-20-11-10-19(23)13-16(20)2/h6-11,13,17,21,24H,4-5,12,14H2,1-3H3,(H,25,27). The Morgan fingerprint density at radius 2 is 2.00 bits per heavy atom. The molecule has 1 saturated heterocycles. The molecule has 2 amide bonds. The number of carbonyl (C=O) groups is 1. The molecule has 5 heteroatoms. The van der Waals surface area contributed by atoms with Gasteiger partial charge in [0.05, 0.1) is 0 Å². The van der Waals surface area contributed by atoms with E-state index in [-0.39, 0.29) is 12.1 Å². The largest absolute Gasteiger partial charge is 0.322 e. The molecule has 1 aliphatic heterocycles. The van der Waals surface area contributed by atoms with Crippen LogP contribution in [0, 0.1) is 13.8 Å². The first-order valence-electron chi connectivity index (χ1n) is 9.57. The van der Waals surface area contributed by atoms with Gasteiger partial charge in [-0.3, -0.25) is 0 Å². The third-order valence-electron chi connectivity index (χ3n) is 5.34. The summed E-state index contributed by atoms with van der Waals surface area (Å²) < 4.78 is 0. The Morgan fingerprint density at radius 3 is 2.63 bits per heavy atom. The van der Waals surface area contributed by atoms with Gasteiger partial charge >= 0.3 is 6.03 Å². The van der Waals surface area contributed by atoms with Crippen molar-refractivity contribution in [1.82, 2.24) is 10.2 Å². The van der Waals surface area contributed by atoms with Gasteiger partial charge in [0.2, 0.25) is 0 Å². The Balaban J connectivity index is 1.80. The lowest BCUT2D eigenvalue weighted by molar-refractivity contribution is 0.174. The lowest BCUT2D eigenvalue weighted by Crippen LogP contribution is -2.49. The topological polar surface area (TPSA) is 44.4 Å². The normalized spacial score (nSPS) is 17.6. The monoisotopic (exact) mass is 385 g/mol. The molecule has 0 aliphatic carbocycles. The Morgan fingerprint density at radius 1 is 1.26 bits per heavy atom. The van der Waals surface area contributed by atoms with Gasteiger partial charge in [0, 0.05) is 29.3 Å². The highest BCUT2D eigenvalue weighted by molar-refractivity contribution is 6.30. The summed E-state index contributed by atoms with van der Waals surface area (Å²) in [5.41, 5.74) is 4.10. The van der Waals surface area contributed by atoms with E-state index in [0.29, 0.717) is 17.6 Å². The highest BCUT2D eigenvalue weighted by atomic mass is 35.5. The highest BCUT2D eigenvalue weighted by Crippen LogP contribution is 2.22. The second-order valence-electron chi connectivity index (χ2n) is 7.45. The van der Waals surface area contributed by atoms with Crippen molar-refractivity contribution in [2.75, 3.05) is 11.9 Å². The number of nitrogens with zero attached hydrogens (tertiary/aromatic N) is 1. The molecule has 0 saturated carbocycles. The van der Waals surface area contributed by atoms with Crippen molar-refractivity contribution >= 4 is 23.3 Å². The Bertz CT molecular complexity index is 785. The van der Waals surface area contributed by atoms with Crippen molar-refractivity contribution in [1.29, 1.82) is 0 Å². The van der Waals surface area contributed by atoms with Gasteiger partial charge < -0.3 is 15.5 Å². The SMILES string of the molecule is Cc1ccc(CN(C(=O)Nc2ccc(Cl)cc2C)C(C)C2CCCN2)cc1. The average molecular weight is 386 g/mol. The molecule has 2 aromatic carbocycles. The Hall–Kier alpha value is -2.04. The molecule has 27 heavy (non-hydrogen) atoms. The van der Waals surface area contributed by atoms with Crippen LogP contribution in [0.3, 0.4) is 0 Å². The first kappa shape index (κ1) is 19.7. The molecule has 144 valence electrons. The van der Waals surface area contributed by atoms with Gasteiger partial charge in [-0.2, -0.15) is 0 Å². The minimum absolute atomic E-state index is 0.0813. The van der Waals surface area contributed by atoms with Gasteiger partial charge in [-0.15, -0.1) is 0 Å². The lowest BCUT2D eigenvalue weighted by atomic mass is 10.1.